The maximum atomic E-state index is 12.8. The molecular weight excluding hydrogens is 1760 g/mol. The molecule has 0 amide bonds. The second kappa shape index (κ2) is 42.5. The molecule has 0 radical (unpaired) electrons. The molecule has 22 rings (SSSR count). The maximum Gasteiger partial charge on any atom is 0.345 e. The zero-order valence-electron chi connectivity index (χ0n) is 79.4. The Morgan fingerprint density at radius 3 is 1.17 bits per heavy atom. The summed E-state index contributed by atoms with van der Waals surface area (Å²) in [4.78, 5) is 97.3. The van der Waals surface area contributed by atoms with Crippen LogP contribution in [0, 0.1) is 111 Å². The van der Waals surface area contributed by atoms with Gasteiger partial charge in [-0.2, -0.15) is 0 Å². The Kier molecular flexibility index (Phi) is 29.7. The molecule has 688 valence electrons. The van der Waals surface area contributed by atoms with Crippen molar-refractivity contribution in [1.29, 1.82) is 0 Å². The Morgan fingerprint density at radius 2 is 0.594 bits per heavy atom. The van der Waals surface area contributed by atoms with Crippen LogP contribution in [0.3, 0.4) is 0 Å². The lowest BCUT2D eigenvalue weighted by Crippen LogP contribution is -2.06. The van der Waals surface area contributed by atoms with Gasteiger partial charge in [0.1, 0.15) is 44.7 Å². The molecule has 16 nitrogen and oxygen atoms in total. The number of para-hydroxylation sites is 4. The molecular formula is C120H100O16S2. The quantitative estimate of drug-likeness (QED) is 0.141. The van der Waals surface area contributed by atoms with E-state index in [1.165, 1.54) is 56.3 Å². The van der Waals surface area contributed by atoms with Crippen LogP contribution >= 0.6 is 22.7 Å². The van der Waals surface area contributed by atoms with Gasteiger partial charge in [0.15, 0.2) is 0 Å². The number of thiophene rings is 2. The van der Waals surface area contributed by atoms with Gasteiger partial charge >= 0.3 is 45.0 Å². The van der Waals surface area contributed by atoms with Gasteiger partial charge in [-0.05, 0) is 274 Å². The van der Waals surface area contributed by atoms with Crippen LogP contribution in [0.25, 0.3) is 153 Å². The molecule has 0 unspecified atom stereocenters. The number of rotatable bonds is 6. The average molecular weight is 1860 g/mol. The first-order chi connectivity index (χ1) is 66.3. The Bertz CT molecular complexity index is 8810. The van der Waals surface area contributed by atoms with Gasteiger partial charge in [-0.1, -0.05) is 222 Å². The van der Waals surface area contributed by atoms with Crippen molar-refractivity contribution in [1.82, 2.24) is 0 Å². The topological polar surface area (TPSA) is 242 Å². The van der Waals surface area contributed by atoms with E-state index in [-0.39, 0.29) is 45.0 Å². The van der Waals surface area contributed by atoms with Crippen LogP contribution in [0.15, 0.2) is 389 Å². The summed E-state index contributed by atoms with van der Waals surface area (Å²) in [7, 11) is 0. The highest BCUT2D eigenvalue weighted by molar-refractivity contribution is 7.16. The predicted octanol–water partition coefficient (Wildman–Crippen LogP) is 29.4. The summed E-state index contributed by atoms with van der Waals surface area (Å²) in [5, 5.41) is 7.86. The number of hydrogen-bond donors (Lipinski definition) is 0. The first kappa shape index (κ1) is 96.3. The average Bonchev–Trinajstić information content (AvgIpc) is 1.14. The van der Waals surface area contributed by atoms with Crippen LogP contribution in [0.4, 0.5) is 0 Å². The molecule has 10 aromatic heterocycles. The van der Waals surface area contributed by atoms with Gasteiger partial charge < -0.3 is 35.3 Å². The van der Waals surface area contributed by atoms with Crippen LogP contribution in [-0.4, -0.2) is 0 Å². The molecule has 138 heavy (non-hydrogen) atoms. The van der Waals surface area contributed by atoms with E-state index in [0.717, 1.165) is 142 Å². The van der Waals surface area contributed by atoms with Crippen LogP contribution in [-0.2, 0) is 0 Å². The monoisotopic (exact) mass is 1860 g/mol. The molecule has 0 saturated heterocycles. The lowest BCUT2D eigenvalue weighted by atomic mass is 9.92. The lowest BCUT2D eigenvalue weighted by Gasteiger charge is -2.12. The molecule has 0 saturated carbocycles. The number of hydrogen-bond acceptors (Lipinski definition) is 18. The van der Waals surface area contributed by atoms with Gasteiger partial charge in [0.05, 0.1) is 11.1 Å². The molecule has 0 bridgehead atoms. The third-order valence-corrected chi connectivity index (χ3v) is 25.9. The Hall–Kier alpha value is -16.3. The predicted molar refractivity (Wildman–Crippen MR) is 564 cm³/mol. The van der Waals surface area contributed by atoms with Crippen molar-refractivity contribution < 1.29 is 35.3 Å². The third-order valence-electron chi connectivity index (χ3n) is 23.8. The van der Waals surface area contributed by atoms with Crippen LogP contribution in [0.5, 0.6) is 0 Å². The van der Waals surface area contributed by atoms with E-state index in [9.17, 15) is 38.4 Å². The zero-order chi connectivity index (χ0) is 97.9. The summed E-state index contributed by atoms with van der Waals surface area (Å²) in [5.74, 6) is 0. The Labute approximate surface area is 803 Å². The normalized spacial score (nSPS) is 10.8. The van der Waals surface area contributed by atoms with E-state index < -0.39 is 0 Å². The summed E-state index contributed by atoms with van der Waals surface area (Å²) in [6.07, 6.45) is 0. The van der Waals surface area contributed by atoms with E-state index in [2.05, 4.69) is 119 Å². The summed E-state index contributed by atoms with van der Waals surface area (Å²) in [5.41, 5.74) is 26.9. The SMILES string of the molecule is Cc1c(C)c2ccccc2oc1=O.Cc1cc(=O)oc2c(C)cccc12.Cc1cc2ccc(=O)oc2cc1C.Cc1ccc(-c2c(-c3ccc(C)cc3)c3ccccc3oc2=O)cc1.Cc1ccc(-c2c(-c3ccc(C)s3)c3ccccc3oc2=O)s1.Cc1ccc(-c2ccc(-c3ccc(C)cc3)c3oc(=O)ccc23)cc1.Cc1ccc(C)c2oc(=O)ccc12.Cc1ccc2cc(C)c(=O)oc2c1. The maximum absolute atomic E-state index is 12.8. The molecule has 10 heterocycles. The molecule has 0 aliphatic heterocycles. The van der Waals surface area contributed by atoms with Gasteiger partial charge in [0.2, 0.25) is 0 Å². The van der Waals surface area contributed by atoms with E-state index in [0.29, 0.717) is 66.9 Å². The Balaban J connectivity index is 0.000000122. The number of benzene rings is 12. The second-order valence-corrected chi connectivity index (χ2v) is 36.8. The van der Waals surface area contributed by atoms with E-state index in [1.54, 1.807) is 42.6 Å². The van der Waals surface area contributed by atoms with Crippen LogP contribution < -0.4 is 45.0 Å². The largest absolute Gasteiger partial charge is 0.423 e. The minimum atomic E-state index is -0.332. The molecule has 22 aromatic rings. The van der Waals surface area contributed by atoms with E-state index in [1.807, 2.05) is 263 Å². The number of fused-ring (bicyclic) bond motifs is 8. The van der Waals surface area contributed by atoms with Crippen LogP contribution in [0.1, 0.15) is 87.6 Å². The van der Waals surface area contributed by atoms with Crippen molar-refractivity contribution >= 4 is 110 Å². The van der Waals surface area contributed by atoms with Crippen molar-refractivity contribution in [2.75, 3.05) is 0 Å². The fourth-order valence-corrected chi connectivity index (χ4v) is 17.8. The van der Waals surface area contributed by atoms with E-state index in [4.69, 9.17) is 35.3 Å². The fraction of sp³-hybridized carbons (Fsp3) is 0.133. The Morgan fingerprint density at radius 1 is 0.196 bits per heavy atom. The van der Waals surface area contributed by atoms with Crippen molar-refractivity contribution in [2.24, 2.45) is 0 Å². The highest BCUT2D eigenvalue weighted by Crippen LogP contribution is 2.43. The van der Waals surface area contributed by atoms with Crippen molar-refractivity contribution in [3.05, 3.63) is 486 Å². The second-order valence-electron chi connectivity index (χ2n) is 34.2. The fourth-order valence-electron chi connectivity index (χ4n) is 16.0. The van der Waals surface area contributed by atoms with Gasteiger partial charge in [0.25, 0.3) is 0 Å². The van der Waals surface area contributed by atoms with Gasteiger partial charge in [-0.15, -0.1) is 22.7 Å². The zero-order valence-corrected chi connectivity index (χ0v) is 81.0. The highest BCUT2D eigenvalue weighted by atomic mass is 32.1. The first-order valence-electron chi connectivity index (χ1n) is 44.9. The molecule has 0 atom stereocenters. The highest BCUT2D eigenvalue weighted by Gasteiger charge is 2.23. The molecule has 0 fully saturated rings. The third kappa shape index (κ3) is 22.4. The summed E-state index contributed by atoms with van der Waals surface area (Å²) in [6, 6.07) is 101. The standard InChI is InChI=1S/2C23H18O2.C19H14O2S2.5C11H10O2/c1-15-3-7-17(8-4-15)19-11-12-20(18-9-5-16(2)6-10-18)23-21(19)13-14-22(24)25-23;1-15-7-11-17(12-8-15)21-19-5-3-4-6-20(19)25-23(24)22(21)18-13-9-16(2)10-14-18;1-11-7-9-15(22-11)17-13-5-3-4-6-14(13)21-19(20)18(17)16-10-8-12(2)23-16;1-7-5-9-3-4-11(12)13-10(9)6-8(7)2;1-7-3-4-9-6-8(2)11(12)13-10(9)5-7;1-7-3-4-8(2)11-9(7)5-6-10(12)13-11;1-7-4-3-5-9-8(2)6-10(12)13-11(7)9;1-7-8(2)11(12)13-10-6-4-3-5-9(7)10/h2*3-14H,1-2H3;3-10H,1-2H3;5*3-6H,1-2H3. The van der Waals surface area contributed by atoms with Gasteiger partial charge in [-0.25, -0.2) is 38.4 Å². The molecule has 0 spiro atoms. The van der Waals surface area contributed by atoms with E-state index >= 15 is 0 Å². The summed E-state index contributed by atoms with van der Waals surface area (Å²) < 4.78 is 42.3. The van der Waals surface area contributed by atoms with Gasteiger partial charge in [-0.3, -0.25) is 0 Å². The molecule has 12 aromatic carbocycles. The first-order valence-corrected chi connectivity index (χ1v) is 46.5. The summed E-state index contributed by atoms with van der Waals surface area (Å²) >= 11 is 3.33. The molecule has 0 aliphatic rings. The van der Waals surface area contributed by atoms with Crippen molar-refractivity contribution in [3.63, 3.8) is 0 Å². The van der Waals surface area contributed by atoms with Crippen molar-refractivity contribution in [3.8, 4) is 65.4 Å². The molecule has 0 N–H and O–H groups in total. The number of aryl methyl sites for hydroxylation is 15. The summed E-state index contributed by atoms with van der Waals surface area (Å²) in [6.45, 7) is 31.6. The smallest absolute Gasteiger partial charge is 0.345 e. The lowest BCUT2D eigenvalue weighted by molar-refractivity contribution is 0.553. The minimum absolute atomic E-state index is 0.240. The van der Waals surface area contributed by atoms with Crippen molar-refractivity contribution in [2.45, 2.75) is 111 Å². The molecule has 18 heteroatoms. The minimum Gasteiger partial charge on any atom is -0.423 e. The van der Waals surface area contributed by atoms with Crippen LogP contribution in [0.2, 0.25) is 0 Å². The van der Waals surface area contributed by atoms with Gasteiger partial charge in [0, 0.05) is 115 Å². The molecule has 0 aliphatic carbocycles.